The first-order valence-electron chi connectivity index (χ1n) is 9.68. The average Bonchev–Trinajstić information content (AvgIpc) is 3.09. The second-order valence-corrected chi connectivity index (χ2v) is 7.92. The molecule has 4 rings (SSSR count). The Hall–Kier alpha value is -2.53. The Morgan fingerprint density at radius 1 is 1.04 bits per heavy atom. The minimum atomic E-state index is -0.259. The molecular formula is C22H24ClN3O2. The van der Waals surface area contributed by atoms with Crippen LogP contribution in [-0.4, -0.2) is 49.4 Å². The Morgan fingerprint density at radius 3 is 2.50 bits per heavy atom. The van der Waals surface area contributed by atoms with Gasteiger partial charge in [-0.05, 0) is 36.8 Å². The fourth-order valence-corrected chi connectivity index (χ4v) is 4.27. The second kappa shape index (κ2) is 7.84. The highest BCUT2D eigenvalue weighted by Crippen LogP contribution is 2.29. The molecule has 2 aromatic rings. The van der Waals surface area contributed by atoms with E-state index in [2.05, 4.69) is 4.90 Å². The highest BCUT2D eigenvalue weighted by atomic mass is 35.5. The molecule has 0 saturated carbocycles. The lowest BCUT2D eigenvalue weighted by molar-refractivity contribution is -0.136. The number of aryl methyl sites for hydroxylation is 1. The summed E-state index contributed by atoms with van der Waals surface area (Å²) in [5, 5.41) is 0.719. The van der Waals surface area contributed by atoms with Crippen molar-refractivity contribution in [3.63, 3.8) is 0 Å². The van der Waals surface area contributed by atoms with E-state index in [1.807, 2.05) is 60.4 Å². The summed E-state index contributed by atoms with van der Waals surface area (Å²) < 4.78 is 0. The van der Waals surface area contributed by atoms with Gasteiger partial charge in [-0.15, -0.1) is 0 Å². The van der Waals surface area contributed by atoms with Crippen LogP contribution in [0.1, 0.15) is 12.0 Å². The first kappa shape index (κ1) is 18.8. The Labute approximate surface area is 170 Å². The number of benzene rings is 2. The zero-order valence-electron chi connectivity index (χ0n) is 16.0. The van der Waals surface area contributed by atoms with Crippen LogP contribution in [0, 0.1) is 12.8 Å². The second-order valence-electron chi connectivity index (χ2n) is 7.48. The molecule has 1 atom stereocenters. The lowest BCUT2D eigenvalue weighted by atomic mass is 10.1. The fourth-order valence-electron chi connectivity index (χ4n) is 4.09. The summed E-state index contributed by atoms with van der Waals surface area (Å²) in [5.74, 6) is -0.134. The van der Waals surface area contributed by atoms with Crippen molar-refractivity contribution in [2.75, 3.05) is 42.5 Å². The number of rotatable bonds is 3. The standard InChI is InChI=1S/C22H24ClN3O2/c1-16-5-2-3-8-20(16)26-15-17(13-21(26)27)22(28)25-11-9-24(10-12-25)19-7-4-6-18(23)14-19/h2-8,14,17H,9-13,15H2,1H3/t17-/m1/s1. The van der Waals surface area contributed by atoms with Gasteiger partial charge in [-0.1, -0.05) is 35.9 Å². The molecule has 2 aromatic carbocycles. The van der Waals surface area contributed by atoms with Crippen LogP contribution < -0.4 is 9.80 Å². The van der Waals surface area contributed by atoms with E-state index in [1.165, 1.54) is 0 Å². The molecule has 2 aliphatic heterocycles. The number of halogens is 1. The number of hydrogen-bond donors (Lipinski definition) is 0. The van der Waals surface area contributed by atoms with Gasteiger partial charge >= 0.3 is 0 Å². The highest BCUT2D eigenvalue weighted by Gasteiger charge is 2.38. The summed E-state index contributed by atoms with van der Waals surface area (Å²) in [7, 11) is 0. The minimum absolute atomic E-state index is 0.0326. The molecule has 28 heavy (non-hydrogen) atoms. The molecular weight excluding hydrogens is 374 g/mol. The zero-order chi connectivity index (χ0) is 19.7. The van der Waals surface area contributed by atoms with Crippen molar-refractivity contribution >= 4 is 34.8 Å². The van der Waals surface area contributed by atoms with Crippen molar-refractivity contribution in [2.45, 2.75) is 13.3 Å². The van der Waals surface area contributed by atoms with Gasteiger partial charge in [0.05, 0.1) is 5.92 Å². The van der Waals surface area contributed by atoms with Gasteiger partial charge in [0.25, 0.3) is 0 Å². The van der Waals surface area contributed by atoms with E-state index in [1.54, 1.807) is 4.90 Å². The van der Waals surface area contributed by atoms with Crippen molar-refractivity contribution in [3.8, 4) is 0 Å². The van der Waals surface area contributed by atoms with Crippen molar-refractivity contribution in [3.05, 3.63) is 59.1 Å². The molecule has 2 fully saturated rings. The largest absolute Gasteiger partial charge is 0.368 e. The quantitative estimate of drug-likeness (QED) is 0.797. The maximum absolute atomic E-state index is 13.0. The summed E-state index contributed by atoms with van der Waals surface area (Å²) in [5.41, 5.74) is 3.05. The summed E-state index contributed by atoms with van der Waals surface area (Å²) in [6.45, 7) is 5.34. The molecule has 0 radical (unpaired) electrons. The van der Waals surface area contributed by atoms with Gasteiger partial charge in [0.15, 0.2) is 0 Å². The van der Waals surface area contributed by atoms with Gasteiger partial charge in [-0.3, -0.25) is 9.59 Å². The predicted octanol–water partition coefficient (Wildman–Crippen LogP) is 3.35. The summed E-state index contributed by atoms with van der Waals surface area (Å²) in [6.07, 6.45) is 0.293. The summed E-state index contributed by atoms with van der Waals surface area (Å²) in [6, 6.07) is 15.6. The molecule has 0 N–H and O–H groups in total. The van der Waals surface area contributed by atoms with Crippen LogP contribution >= 0.6 is 11.6 Å². The van der Waals surface area contributed by atoms with Gasteiger partial charge in [0.2, 0.25) is 11.8 Å². The monoisotopic (exact) mass is 397 g/mol. The first-order valence-corrected chi connectivity index (χ1v) is 10.1. The molecule has 2 heterocycles. The van der Waals surface area contributed by atoms with Gasteiger partial charge in [-0.2, -0.15) is 0 Å². The first-order chi connectivity index (χ1) is 13.5. The van der Waals surface area contributed by atoms with E-state index in [9.17, 15) is 9.59 Å². The molecule has 0 spiro atoms. The average molecular weight is 398 g/mol. The Balaban J connectivity index is 1.38. The Bertz CT molecular complexity index is 893. The van der Waals surface area contributed by atoms with E-state index < -0.39 is 0 Å². The smallest absolute Gasteiger partial charge is 0.228 e. The van der Waals surface area contributed by atoms with E-state index in [0.717, 1.165) is 35.1 Å². The van der Waals surface area contributed by atoms with E-state index >= 15 is 0 Å². The third-order valence-corrected chi connectivity index (χ3v) is 5.88. The highest BCUT2D eigenvalue weighted by molar-refractivity contribution is 6.30. The Kier molecular flexibility index (Phi) is 5.27. The van der Waals surface area contributed by atoms with Gasteiger partial charge in [-0.25, -0.2) is 0 Å². The van der Waals surface area contributed by atoms with Crippen molar-refractivity contribution in [1.29, 1.82) is 0 Å². The SMILES string of the molecule is Cc1ccccc1N1C[C@H](C(=O)N2CCN(c3cccc(Cl)c3)CC2)CC1=O. The third-order valence-electron chi connectivity index (χ3n) is 5.65. The molecule has 6 heteroatoms. The van der Waals surface area contributed by atoms with E-state index in [-0.39, 0.29) is 17.7 Å². The molecule has 2 amide bonds. The van der Waals surface area contributed by atoms with Gasteiger partial charge in [0.1, 0.15) is 0 Å². The van der Waals surface area contributed by atoms with Crippen LogP contribution in [0.15, 0.2) is 48.5 Å². The number of para-hydroxylation sites is 1. The van der Waals surface area contributed by atoms with Crippen LogP contribution in [0.4, 0.5) is 11.4 Å². The number of nitrogens with zero attached hydrogens (tertiary/aromatic N) is 3. The molecule has 2 saturated heterocycles. The number of hydrogen-bond acceptors (Lipinski definition) is 3. The van der Waals surface area contributed by atoms with E-state index in [0.29, 0.717) is 26.1 Å². The van der Waals surface area contributed by atoms with E-state index in [4.69, 9.17) is 11.6 Å². The van der Waals surface area contributed by atoms with Gasteiger partial charge in [0, 0.05) is 55.5 Å². The normalized spacial score (nSPS) is 20.0. The topological polar surface area (TPSA) is 43.9 Å². The molecule has 0 aromatic heterocycles. The number of amides is 2. The Morgan fingerprint density at radius 2 is 1.79 bits per heavy atom. The van der Waals surface area contributed by atoms with Crippen LogP contribution in [-0.2, 0) is 9.59 Å². The van der Waals surface area contributed by atoms with Crippen LogP contribution in [0.3, 0.4) is 0 Å². The molecule has 0 bridgehead atoms. The van der Waals surface area contributed by atoms with Crippen molar-refractivity contribution in [1.82, 2.24) is 4.90 Å². The van der Waals surface area contributed by atoms with Crippen molar-refractivity contribution < 1.29 is 9.59 Å². The summed E-state index contributed by atoms with van der Waals surface area (Å²) in [4.78, 5) is 31.5. The van der Waals surface area contributed by atoms with Crippen LogP contribution in [0.5, 0.6) is 0 Å². The maximum atomic E-state index is 13.0. The van der Waals surface area contributed by atoms with Crippen LogP contribution in [0.25, 0.3) is 0 Å². The minimum Gasteiger partial charge on any atom is -0.368 e. The lowest BCUT2D eigenvalue weighted by Crippen LogP contribution is -2.50. The molecule has 0 unspecified atom stereocenters. The molecule has 5 nitrogen and oxygen atoms in total. The van der Waals surface area contributed by atoms with Crippen molar-refractivity contribution in [2.24, 2.45) is 5.92 Å². The molecule has 2 aliphatic rings. The number of piperazine rings is 1. The maximum Gasteiger partial charge on any atom is 0.228 e. The number of carbonyl (C=O) groups excluding carboxylic acids is 2. The number of carbonyl (C=O) groups is 2. The van der Waals surface area contributed by atoms with Gasteiger partial charge < -0.3 is 14.7 Å². The zero-order valence-corrected chi connectivity index (χ0v) is 16.7. The predicted molar refractivity (Wildman–Crippen MR) is 112 cm³/mol. The lowest BCUT2D eigenvalue weighted by Gasteiger charge is -2.37. The number of anilines is 2. The third kappa shape index (κ3) is 3.72. The molecule has 146 valence electrons. The fraction of sp³-hybridized carbons (Fsp3) is 0.364. The van der Waals surface area contributed by atoms with Crippen LogP contribution in [0.2, 0.25) is 5.02 Å². The summed E-state index contributed by atoms with van der Waals surface area (Å²) >= 11 is 6.09. The molecule has 0 aliphatic carbocycles.